The van der Waals surface area contributed by atoms with Gasteiger partial charge in [0.1, 0.15) is 0 Å². The standard InChI is InChI=1S/C14H12Si2/c1-15-11-7-3-5-9-13(11)16(2)14-10-6-4-8-12(14)15/h3-10H,1-2H2. The summed E-state index contributed by atoms with van der Waals surface area (Å²) in [5, 5.41) is 5.87. The molecule has 0 atom stereocenters. The van der Waals surface area contributed by atoms with E-state index in [-0.39, 0.29) is 0 Å². The van der Waals surface area contributed by atoms with E-state index >= 15 is 0 Å². The highest BCUT2D eigenvalue weighted by Crippen LogP contribution is 1.91. The summed E-state index contributed by atoms with van der Waals surface area (Å²) >= 11 is 0. The average Bonchev–Trinajstić information content (AvgIpc) is 2.36. The van der Waals surface area contributed by atoms with Gasteiger partial charge in [0.25, 0.3) is 0 Å². The van der Waals surface area contributed by atoms with Crippen molar-refractivity contribution >= 4 is 49.9 Å². The molecule has 1 aliphatic heterocycles. The summed E-state index contributed by atoms with van der Waals surface area (Å²) in [5.41, 5.74) is 0. The van der Waals surface area contributed by atoms with E-state index in [1.165, 1.54) is 20.7 Å². The zero-order valence-corrected chi connectivity index (χ0v) is 11.0. The summed E-state index contributed by atoms with van der Waals surface area (Å²) < 4.78 is 0. The first-order valence-electron chi connectivity index (χ1n) is 5.36. The Morgan fingerprint density at radius 3 is 1.06 bits per heavy atom. The van der Waals surface area contributed by atoms with Crippen molar-refractivity contribution in [1.29, 1.82) is 0 Å². The summed E-state index contributed by atoms with van der Waals surface area (Å²) in [6.45, 7) is 0. The molecule has 0 saturated heterocycles. The summed E-state index contributed by atoms with van der Waals surface area (Å²) in [5.74, 6) is 0. The lowest BCUT2D eigenvalue weighted by Gasteiger charge is -2.22. The summed E-state index contributed by atoms with van der Waals surface area (Å²) in [6, 6.07) is 17.4. The quantitative estimate of drug-likeness (QED) is 0.451. The molecule has 0 aromatic heterocycles. The van der Waals surface area contributed by atoms with Crippen molar-refractivity contribution in [2.45, 2.75) is 0 Å². The van der Waals surface area contributed by atoms with Crippen LogP contribution in [-0.2, 0) is 0 Å². The van der Waals surface area contributed by atoms with E-state index in [9.17, 15) is 0 Å². The number of rotatable bonds is 0. The van der Waals surface area contributed by atoms with E-state index in [0.29, 0.717) is 0 Å². The van der Waals surface area contributed by atoms with Gasteiger partial charge in [-0.05, 0) is 20.7 Å². The van der Waals surface area contributed by atoms with Crippen LogP contribution in [0.4, 0.5) is 0 Å². The Morgan fingerprint density at radius 1 is 0.562 bits per heavy atom. The second-order valence-corrected chi connectivity index (χ2v) is 8.12. The first-order valence-corrected chi connectivity index (χ1v) is 8.78. The predicted molar refractivity (Wildman–Crippen MR) is 77.2 cm³/mol. The molecule has 0 nitrogen and oxygen atoms in total. The molecule has 0 amide bonds. The van der Waals surface area contributed by atoms with Gasteiger partial charge in [-0.15, -0.1) is 12.3 Å². The largest absolute Gasteiger partial charge is 0.110 e. The fraction of sp³-hybridized carbons (Fsp3) is 0. The van der Waals surface area contributed by atoms with Gasteiger partial charge >= 0.3 is 0 Å². The molecule has 1 aliphatic rings. The van der Waals surface area contributed by atoms with Crippen LogP contribution < -0.4 is 20.7 Å². The first-order chi connectivity index (χ1) is 7.79. The predicted octanol–water partition coefficient (Wildman–Crippen LogP) is -0.755. The Bertz CT molecular complexity index is 506. The zero-order valence-electron chi connectivity index (χ0n) is 9.03. The molecule has 76 valence electrons. The third-order valence-electron chi connectivity index (χ3n) is 3.15. The molecule has 2 aromatic rings. The molecule has 0 saturated carbocycles. The molecule has 0 aliphatic carbocycles. The van der Waals surface area contributed by atoms with Crippen LogP contribution in [0.25, 0.3) is 0 Å². The van der Waals surface area contributed by atoms with Gasteiger partial charge in [-0.2, -0.15) is 0 Å². The van der Waals surface area contributed by atoms with Gasteiger partial charge in [-0.1, -0.05) is 48.5 Å². The number of fused-ring (bicyclic) bond motifs is 2. The highest BCUT2D eigenvalue weighted by Gasteiger charge is 2.21. The summed E-state index contributed by atoms with van der Waals surface area (Å²) in [6.07, 6.45) is 8.81. The molecule has 2 heteroatoms. The van der Waals surface area contributed by atoms with Gasteiger partial charge in [-0.25, -0.2) is 0 Å². The fourth-order valence-electron chi connectivity index (χ4n) is 2.31. The first kappa shape index (κ1) is 9.81. The molecule has 16 heavy (non-hydrogen) atoms. The van der Waals surface area contributed by atoms with Crippen LogP contribution in [0, 0.1) is 0 Å². The van der Waals surface area contributed by atoms with E-state index in [1.54, 1.807) is 0 Å². The van der Waals surface area contributed by atoms with E-state index < -0.39 is 16.8 Å². The van der Waals surface area contributed by atoms with Crippen LogP contribution in [0.15, 0.2) is 48.5 Å². The maximum Gasteiger partial charge on any atom is 0.0732 e. The molecule has 0 unspecified atom stereocenters. The minimum absolute atomic E-state index is 0.804. The number of benzene rings is 2. The van der Waals surface area contributed by atoms with Crippen LogP contribution in [-0.4, -0.2) is 29.2 Å². The lowest BCUT2D eigenvalue weighted by molar-refractivity contribution is 1.77. The maximum absolute atomic E-state index is 4.40. The molecular weight excluding hydrogens is 224 g/mol. The van der Waals surface area contributed by atoms with Crippen LogP contribution >= 0.6 is 0 Å². The fourth-order valence-corrected chi connectivity index (χ4v) is 7.52. The second kappa shape index (κ2) is 3.58. The molecule has 0 spiro atoms. The Hall–Kier alpha value is -1.39. The summed E-state index contributed by atoms with van der Waals surface area (Å²) in [4.78, 5) is 0. The van der Waals surface area contributed by atoms with E-state index in [1.807, 2.05) is 0 Å². The van der Waals surface area contributed by atoms with Crippen LogP contribution in [0.2, 0.25) is 0 Å². The molecule has 0 N–H and O–H groups in total. The van der Waals surface area contributed by atoms with Crippen molar-refractivity contribution in [3.8, 4) is 0 Å². The van der Waals surface area contributed by atoms with Gasteiger partial charge in [0.15, 0.2) is 0 Å². The van der Waals surface area contributed by atoms with Crippen molar-refractivity contribution in [3.05, 3.63) is 48.5 Å². The van der Waals surface area contributed by atoms with Crippen molar-refractivity contribution in [2.24, 2.45) is 0 Å². The second-order valence-electron chi connectivity index (χ2n) is 4.05. The molecule has 0 radical (unpaired) electrons. The van der Waals surface area contributed by atoms with Gasteiger partial charge in [0.05, 0.1) is 16.8 Å². The Morgan fingerprint density at radius 2 is 0.812 bits per heavy atom. The lowest BCUT2D eigenvalue weighted by atomic mass is 10.3. The van der Waals surface area contributed by atoms with Crippen molar-refractivity contribution in [2.75, 3.05) is 0 Å². The van der Waals surface area contributed by atoms with Gasteiger partial charge in [0, 0.05) is 0 Å². The van der Waals surface area contributed by atoms with Crippen LogP contribution in [0.1, 0.15) is 0 Å². The number of hydrogen-bond acceptors (Lipinski definition) is 0. The van der Waals surface area contributed by atoms with Crippen LogP contribution in [0.3, 0.4) is 0 Å². The molecule has 1 heterocycles. The third kappa shape index (κ3) is 1.27. The van der Waals surface area contributed by atoms with Crippen LogP contribution in [0.5, 0.6) is 0 Å². The molecule has 2 aromatic carbocycles. The van der Waals surface area contributed by atoms with Crippen molar-refractivity contribution in [3.63, 3.8) is 0 Å². The number of hydrogen-bond donors (Lipinski definition) is 0. The van der Waals surface area contributed by atoms with E-state index in [4.69, 9.17) is 0 Å². The Labute approximate surface area is 98.6 Å². The molecule has 0 fully saturated rings. The monoisotopic (exact) mass is 236 g/mol. The topological polar surface area (TPSA) is 0 Å². The minimum Gasteiger partial charge on any atom is -0.110 e. The molecule has 0 bridgehead atoms. The smallest absolute Gasteiger partial charge is 0.0732 e. The van der Waals surface area contributed by atoms with E-state index in [2.05, 4.69) is 60.9 Å². The maximum atomic E-state index is 4.40. The normalized spacial score (nSPS) is 13.2. The Balaban J connectivity index is 2.35. The highest BCUT2D eigenvalue weighted by molar-refractivity contribution is 7.02. The average molecular weight is 236 g/mol. The minimum atomic E-state index is -0.804. The van der Waals surface area contributed by atoms with E-state index in [0.717, 1.165) is 0 Å². The summed E-state index contributed by atoms with van der Waals surface area (Å²) in [7, 11) is -1.61. The third-order valence-corrected chi connectivity index (χ3v) is 8.00. The highest BCUT2D eigenvalue weighted by atomic mass is 28.2. The van der Waals surface area contributed by atoms with Gasteiger partial charge in [-0.3, -0.25) is 0 Å². The van der Waals surface area contributed by atoms with Gasteiger partial charge in [0.2, 0.25) is 0 Å². The Kier molecular flexibility index (Phi) is 2.19. The van der Waals surface area contributed by atoms with Crippen molar-refractivity contribution in [1.82, 2.24) is 0 Å². The molecular formula is C14H12Si2. The SMILES string of the molecule is C=[Si]1c2ccccc2[Si](=C)c2ccccc21. The zero-order chi connectivity index (χ0) is 11.1. The van der Waals surface area contributed by atoms with Gasteiger partial charge < -0.3 is 0 Å². The molecule has 3 rings (SSSR count). The lowest BCUT2D eigenvalue weighted by Crippen LogP contribution is -2.62. The van der Waals surface area contributed by atoms with Crippen molar-refractivity contribution < 1.29 is 0 Å².